The predicted octanol–water partition coefficient (Wildman–Crippen LogP) is 3.92. The molecule has 2 nitrogen and oxygen atoms in total. The quantitative estimate of drug-likeness (QED) is 0.819. The molecule has 0 atom stereocenters. The first kappa shape index (κ1) is 12.8. The van der Waals surface area contributed by atoms with E-state index in [1.807, 2.05) is 30.3 Å². The monoisotopic (exact) mass is 258 g/mol. The van der Waals surface area contributed by atoms with Crippen molar-refractivity contribution in [2.24, 2.45) is 4.99 Å². The third-order valence-corrected chi connectivity index (χ3v) is 2.90. The van der Waals surface area contributed by atoms with E-state index in [1.54, 1.807) is 12.4 Å². The summed E-state index contributed by atoms with van der Waals surface area (Å²) in [6.07, 6.45) is 5.44. The van der Waals surface area contributed by atoms with Crippen LogP contribution in [0.5, 0.6) is 0 Å². The molecule has 3 heteroatoms. The average Bonchev–Trinajstić information content (AvgIpc) is 2.58. The van der Waals surface area contributed by atoms with Crippen molar-refractivity contribution in [3.8, 4) is 0 Å². The van der Waals surface area contributed by atoms with Gasteiger partial charge < -0.3 is 0 Å². The van der Waals surface area contributed by atoms with Gasteiger partial charge in [0.05, 0.1) is 16.1 Å². The fraction of sp³-hybridized carbons (Fsp3) is 0.200. The number of aromatic nitrogens is 1. The summed E-state index contributed by atoms with van der Waals surface area (Å²) in [5.41, 5.74) is 2.22. The van der Waals surface area contributed by atoms with Crippen LogP contribution in [0, 0.1) is 0 Å². The minimum absolute atomic E-state index is 0.561. The fourth-order valence-corrected chi connectivity index (χ4v) is 1.92. The summed E-state index contributed by atoms with van der Waals surface area (Å²) in [7, 11) is 0. The van der Waals surface area contributed by atoms with Gasteiger partial charge in [-0.15, -0.1) is 0 Å². The SMILES string of the molecule is CCCc1ccccc1N=c1cccncc1Cl. The second-order valence-corrected chi connectivity index (χ2v) is 4.42. The summed E-state index contributed by atoms with van der Waals surface area (Å²) in [6.45, 7) is 2.16. The molecular weight excluding hydrogens is 244 g/mol. The minimum atomic E-state index is 0.561. The minimum Gasteiger partial charge on any atom is -0.263 e. The molecule has 92 valence electrons. The highest BCUT2D eigenvalue weighted by Gasteiger charge is 1.99. The second-order valence-electron chi connectivity index (χ2n) is 4.01. The van der Waals surface area contributed by atoms with Crippen LogP contribution in [0.2, 0.25) is 5.02 Å². The molecule has 1 aromatic heterocycles. The van der Waals surface area contributed by atoms with Crippen molar-refractivity contribution in [1.29, 1.82) is 0 Å². The van der Waals surface area contributed by atoms with Crippen LogP contribution in [0.15, 0.2) is 53.8 Å². The molecule has 0 saturated heterocycles. The number of hydrogen-bond acceptors (Lipinski definition) is 2. The van der Waals surface area contributed by atoms with Crippen LogP contribution in [0.3, 0.4) is 0 Å². The molecule has 0 fully saturated rings. The van der Waals surface area contributed by atoms with Crippen molar-refractivity contribution < 1.29 is 0 Å². The zero-order chi connectivity index (χ0) is 12.8. The van der Waals surface area contributed by atoms with Gasteiger partial charge in [-0.1, -0.05) is 43.1 Å². The van der Waals surface area contributed by atoms with E-state index in [-0.39, 0.29) is 0 Å². The Morgan fingerprint density at radius 3 is 2.83 bits per heavy atom. The van der Waals surface area contributed by atoms with Gasteiger partial charge in [-0.3, -0.25) is 4.98 Å². The van der Waals surface area contributed by atoms with Crippen molar-refractivity contribution in [3.63, 3.8) is 0 Å². The normalized spacial score (nSPS) is 11.6. The number of benzene rings is 1. The van der Waals surface area contributed by atoms with Crippen LogP contribution in [0.25, 0.3) is 0 Å². The molecule has 0 aliphatic rings. The highest BCUT2D eigenvalue weighted by molar-refractivity contribution is 6.30. The lowest BCUT2D eigenvalue weighted by molar-refractivity contribution is 0.920. The van der Waals surface area contributed by atoms with Crippen molar-refractivity contribution >= 4 is 17.3 Å². The first-order valence-corrected chi connectivity index (χ1v) is 6.41. The van der Waals surface area contributed by atoms with Gasteiger partial charge >= 0.3 is 0 Å². The summed E-state index contributed by atoms with van der Waals surface area (Å²) in [5.74, 6) is 0. The van der Waals surface area contributed by atoms with Crippen LogP contribution in [-0.2, 0) is 6.42 Å². The molecule has 0 N–H and O–H groups in total. The molecule has 2 aromatic rings. The smallest absolute Gasteiger partial charge is 0.0845 e. The standard InChI is InChI=1S/C15H15ClN2/c1-2-6-12-7-3-4-8-14(12)18-15-9-5-10-17-11-13(15)16/h3-5,7-11H,2,6H2,1H3. The molecule has 0 aliphatic carbocycles. The number of rotatable bonds is 3. The van der Waals surface area contributed by atoms with E-state index in [4.69, 9.17) is 11.6 Å². The molecule has 0 spiro atoms. The maximum absolute atomic E-state index is 6.13. The number of nitrogens with zero attached hydrogens (tertiary/aromatic N) is 2. The van der Waals surface area contributed by atoms with E-state index >= 15 is 0 Å². The highest BCUT2D eigenvalue weighted by atomic mass is 35.5. The average molecular weight is 259 g/mol. The Kier molecular flexibility index (Phi) is 4.48. The second kappa shape index (κ2) is 6.31. The Morgan fingerprint density at radius 1 is 1.17 bits per heavy atom. The first-order chi connectivity index (χ1) is 8.81. The first-order valence-electron chi connectivity index (χ1n) is 6.03. The van der Waals surface area contributed by atoms with E-state index in [0.717, 1.165) is 23.9 Å². The molecule has 0 amide bonds. The predicted molar refractivity (Wildman–Crippen MR) is 74.9 cm³/mol. The number of para-hydroxylation sites is 1. The molecule has 0 radical (unpaired) electrons. The maximum Gasteiger partial charge on any atom is 0.0845 e. The molecule has 0 unspecified atom stereocenters. The van der Waals surface area contributed by atoms with Crippen LogP contribution in [0.1, 0.15) is 18.9 Å². The zero-order valence-corrected chi connectivity index (χ0v) is 11.1. The lowest BCUT2D eigenvalue weighted by atomic mass is 10.1. The summed E-state index contributed by atoms with van der Waals surface area (Å²) in [4.78, 5) is 8.64. The van der Waals surface area contributed by atoms with Gasteiger partial charge in [-0.2, -0.15) is 0 Å². The summed E-state index contributed by atoms with van der Waals surface area (Å²) in [6, 6.07) is 11.9. The fourth-order valence-electron chi connectivity index (χ4n) is 1.76. The summed E-state index contributed by atoms with van der Waals surface area (Å²) < 4.78 is 0. The lowest BCUT2D eigenvalue weighted by Gasteiger charge is -2.02. The van der Waals surface area contributed by atoms with Crippen LogP contribution < -0.4 is 5.36 Å². The van der Waals surface area contributed by atoms with Gasteiger partial charge in [0.25, 0.3) is 0 Å². The number of hydrogen-bond donors (Lipinski definition) is 0. The van der Waals surface area contributed by atoms with Gasteiger partial charge in [0.15, 0.2) is 0 Å². The van der Waals surface area contributed by atoms with Crippen LogP contribution >= 0.6 is 11.6 Å². The summed E-state index contributed by atoms with van der Waals surface area (Å²) >= 11 is 6.13. The largest absolute Gasteiger partial charge is 0.263 e. The van der Waals surface area contributed by atoms with Crippen LogP contribution in [-0.4, -0.2) is 4.98 Å². The van der Waals surface area contributed by atoms with Crippen molar-refractivity contribution in [2.75, 3.05) is 0 Å². The van der Waals surface area contributed by atoms with Crippen molar-refractivity contribution in [2.45, 2.75) is 19.8 Å². The molecule has 1 heterocycles. The van der Waals surface area contributed by atoms with Gasteiger partial charge in [-0.25, -0.2) is 4.99 Å². The molecule has 18 heavy (non-hydrogen) atoms. The molecule has 2 rings (SSSR count). The highest BCUT2D eigenvalue weighted by Crippen LogP contribution is 2.19. The Morgan fingerprint density at radius 2 is 2.00 bits per heavy atom. The number of aryl methyl sites for hydroxylation is 1. The van der Waals surface area contributed by atoms with Crippen LogP contribution in [0.4, 0.5) is 5.69 Å². The van der Waals surface area contributed by atoms with E-state index in [1.165, 1.54) is 5.56 Å². The van der Waals surface area contributed by atoms with E-state index in [2.05, 4.69) is 23.0 Å². The third kappa shape index (κ3) is 3.17. The third-order valence-electron chi connectivity index (χ3n) is 2.61. The molecule has 1 aromatic carbocycles. The molecular formula is C15H15ClN2. The van der Waals surface area contributed by atoms with E-state index in [0.29, 0.717) is 5.02 Å². The Labute approximate surface area is 112 Å². The number of halogens is 1. The van der Waals surface area contributed by atoms with Gasteiger partial charge in [0.2, 0.25) is 0 Å². The molecule has 0 aliphatic heterocycles. The van der Waals surface area contributed by atoms with Gasteiger partial charge in [-0.05, 0) is 30.2 Å². The van der Waals surface area contributed by atoms with E-state index in [9.17, 15) is 0 Å². The summed E-state index contributed by atoms with van der Waals surface area (Å²) in [5, 5.41) is 1.31. The lowest BCUT2D eigenvalue weighted by Crippen LogP contribution is -1.98. The maximum atomic E-state index is 6.13. The molecule has 0 bridgehead atoms. The Hall–Kier alpha value is -1.67. The van der Waals surface area contributed by atoms with E-state index < -0.39 is 0 Å². The van der Waals surface area contributed by atoms with Gasteiger partial charge in [0.1, 0.15) is 0 Å². The Bertz CT molecular complexity index is 594. The zero-order valence-electron chi connectivity index (χ0n) is 10.3. The van der Waals surface area contributed by atoms with Crippen molar-refractivity contribution in [1.82, 2.24) is 4.98 Å². The van der Waals surface area contributed by atoms with Crippen molar-refractivity contribution in [3.05, 3.63) is 64.7 Å². The molecule has 0 saturated carbocycles. The van der Waals surface area contributed by atoms with Gasteiger partial charge in [0, 0.05) is 12.4 Å². The Balaban J connectivity index is 2.54. The topological polar surface area (TPSA) is 25.2 Å².